The number of ether oxygens (including phenoxy) is 1. The second kappa shape index (κ2) is 7.16. The standard InChI is InChI=1S/C20H19ClN2O5/c1-11-8-13(21)5-6-14(11)22-17(24)10-23-15-9-12(18(25)26)4-7-16(15)28-20(2,3)19(23)27/h4-9H,10H2,1-3H3,(H,22,24)(H,25,26). The first kappa shape index (κ1) is 19.7. The second-order valence-electron chi connectivity index (χ2n) is 7.00. The van der Waals surface area contributed by atoms with E-state index in [4.69, 9.17) is 16.3 Å². The van der Waals surface area contributed by atoms with E-state index in [9.17, 15) is 19.5 Å². The summed E-state index contributed by atoms with van der Waals surface area (Å²) in [6.45, 7) is 4.71. The Morgan fingerprint density at radius 3 is 2.57 bits per heavy atom. The highest BCUT2D eigenvalue weighted by Gasteiger charge is 2.41. The zero-order chi connectivity index (χ0) is 20.6. The summed E-state index contributed by atoms with van der Waals surface area (Å²) in [6, 6.07) is 9.25. The molecule has 0 spiro atoms. The molecule has 2 amide bonds. The van der Waals surface area contributed by atoms with E-state index < -0.39 is 23.4 Å². The first-order chi connectivity index (χ1) is 13.1. The molecule has 7 nitrogen and oxygen atoms in total. The van der Waals surface area contributed by atoms with Crippen LogP contribution in [0.15, 0.2) is 36.4 Å². The average molecular weight is 403 g/mol. The lowest BCUT2D eigenvalue weighted by Gasteiger charge is -2.38. The molecule has 2 N–H and O–H groups in total. The van der Waals surface area contributed by atoms with Crippen LogP contribution in [0.4, 0.5) is 11.4 Å². The van der Waals surface area contributed by atoms with Crippen molar-refractivity contribution in [3.05, 3.63) is 52.5 Å². The Balaban J connectivity index is 1.91. The van der Waals surface area contributed by atoms with Crippen molar-refractivity contribution in [3.63, 3.8) is 0 Å². The number of fused-ring (bicyclic) bond motifs is 1. The van der Waals surface area contributed by atoms with Gasteiger partial charge in [-0.2, -0.15) is 0 Å². The normalized spacial score (nSPS) is 14.9. The number of carboxylic acids is 1. The molecular weight excluding hydrogens is 384 g/mol. The van der Waals surface area contributed by atoms with Crippen molar-refractivity contribution in [2.45, 2.75) is 26.4 Å². The van der Waals surface area contributed by atoms with Crippen LogP contribution in [-0.4, -0.2) is 35.0 Å². The summed E-state index contributed by atoms with van der Waals surface area (Å²) < 4.78 is 5.70. The van der Waals surface area contributed by atoms with Gasteiger partial charge in [0.15, 0.2) is 5.60 Å². The number of carbonyl (C=O) groups excluding carboxylic acids is 2. The lowest BCUT2D eigenvalue weighted by atomic mass is 10.0. The number of benzene rings is 2. The molecule has 0 saturated carbocycles. The second-order valence-corrected chi connectivity index (χ2v) is 7.44. The molecular formula is C20H19ClN2O5. The zero-order valence-electron chi connectivity index (χ0n) is 15.6. The van der Waals surface area contributed by atoms with Crippen molar-refractivity contribution >= 4 is 40.8 Å². The fourth-order valence-electron chi connectivity index (χ4n) is 2.96. The number of halogens is 1. The monoisotopic (exact) mass is 402 g/mol. The molecule has 0 atom stereocenters. The molecule has 1 aliphatic rings. The van der Waals surface area contributed by atoms with E-state index in [-0.39, 0.29) is 17.8 Å². The van der Waals surface area contributed by atoms with Gasteiger partial charge in [0.25, 0.3) is 5.91 Å². The lowest BCUT2D eigenvalue weighted by molar-refractivity contribution is -0.133. The van der Waals surface area contributed by atoms with Gasteiger partial charge in [-0.3, -0.25) is 14.5 Å². The van der Waals surface area contributed by atoms with Crippen LogP contribution < -0.4 is 15.0 Å². The average Bonchev–Trinajstić information content (AvgIpc) is 2.60. The van der Waals surface area contributed by atoms with Crippen molar-refractivity contribution < 1.29 is 24.2 Å². The summed E-state index contributed by atoms with van der Waals surface area (Å²) in [5.74, 6) is -1.67. The Hall–Kier alpha value is -3.06. The SMILES string of the molecule is Cc1cc(Cl)ccc1NC(=O)CN1C(=O)C(C)(C)Oc2ccc(C(=O)O)cc21. The number of aromatic carboxylic acids is 1. The highest BCUT2D eigenvalue weighted by atomic mass is 35.5. The zero-order valence-corrected chi connectivity index (χ0v) is 16.3. The topological polar surface area (TPSA) is 95.9 Å². The summed E-state index contributed by atoms with van der Waals surface area (Å²) in [5, 5.41) is 12.5. The first-order valence-electron chi connectivity index (χ1n) is 8.53. The maximum absolute atomic E-state index is 12.8. The van der Waals surface area contributed by atoms with Crippen molar-refractivity contribution in [2.24, 2.45) is 0 Å². The van der Waals surface area contributed by atoms with Crippen LogP contribution in [0.5, 0.6) is 5.75 Å². The molecule has 3 rings (SSSR count). The van der Waals surface area contributed by atoms with E-state index >= 15 is 0 Å². The summed E-state index contributed by atoms with van der Waals surface area (Å²) in [7, 11) is 0. The Morgan fingerprint density at radius 2 is 1.93 bits per heavy atom. The molecule has 28 heavy (non-hydrogen) atoms. The number of carboxylic acid groups (broad SMARTS) is 1. The van der Waals surface area contributed by atoms with Gasteiger partial charge in [0.05, 0.1) is 11.3 Å². The van der Waals surface area contributed by atoms with E-state index in [0.717, 1.165) is 5.56 Å². The van der Waals surface area contributed by atoms with Crippen molar-refractivity contribution in [1.29, 1.82) is 0 Å². The number of nitrogens with zero attached hydrogens (tertiary/aromatic N) is 1. The molecule has 0 bridgehead atoms. The predicted octanol–water partition coefficient (Wildman–Crippen LogP) is 3.49. The largest absolute Gasteiger partial charge is 0.478 e. The van der Waals surface area contributed by atoms with Gasteiger partial charge in [-0.1, -0.05) is 11.6 Å². The van der Waals surface area contributed by atoms with E-state index in [2.05, 4.69) is 5.32 Å². The van der Waals surface area contributed by atoms with Crippen molar-refractivity contribution in [3.8, 4) is 5.75 Å². The number of nitrogens with one attached hydrogen (secondary N) is 1. The minimum absolute atomic E-state index is 0.00573. The fourth-order valence-corrected chi connectivity index (χ4v) is 3.18. The number of amides is 2. The third kappa shape index (κ3) is 3.80. The molecule has 0 aliphatic carbocycles. The molecule has 146 valence electrons. The van der Waals surface area contributed by atoms with E-state index in [1.807, 2.05) is 0 Å². The van der Waals surface area contributed by atoms with Crippen LogP contribution in [0, 0.1) is 6.92 Å². The minimum Gasteiger partial charge on any atom is -0.478 e. The van der Waals surface area contributed by atoms with Gasteiger partial charge in [0.2, 0.25) is 5.91 Å². The van der Waals surface area contributed by atoms with Gasteiger partial charge >= 0.3 is 5.97 Å². The van der Waals surface area contributed by atoms with Crippen LogP contribution in [0.1, 0.15) is 29.8 Å². The van der Waals surface area contributed by atoms with Crippen LogP contribution in [0.2, 0.25) is 5.02 Å². The highest BCUT2D eigenvalue weighted by Crippen LogP contribution is 2.38. The predicted molar refractivity (Wildman–Crippen MR) is 105 cm³/mol. The molecule has 2 aromatic carbocycles. The molecule has 0 fully saturated rings. The fraction of sp³-hybridized carbons (Fsp3) is 0.250. The molecule has 0 aromatic heterocycles. The molecule has 0 radical (unpaired) electrons. The van der Waals surface area contributed by atoms with E-state index in [1.165, 1.54) is 23.1 Å². The third-order valence-corrected chi connectivity index (χ3v) is 4.62. The Bertz CT molecular complexity index is 987. The number of carbonyl (C=O) groups is 3. The molecule has 8 heteroatoms. The van der Waals surface area contributed by atoms with Gasteiger partial charge < -0.3 is 15.2 Å². The Labute approximate surface area is 166 Å². The smallest absolute Gasteiger partial charge is 0.335 e. The first-order valence-corrected chi connectivity index (χ1v) is 8.90. The minimum atomic E-state index is -1.19. The van der Waals surface area contributed by atoms with Gasteiger partial charge in [-0.05, 0) is 62.7 Å². The van der Waals surface area contributed by atoms with Gasteiger partial charge in [0, 0.05) is 10.7 Å². The van der Waals surface area contributed by atoms with Gasteiger partial charge in [0.1, 0.15) is 12.3 Å². The van der Waals surface area contributed by atoms with Gasteiger partial charge in [-0.15, -0.1) is 0 Å². The van der Waals surface area contributed by atoms with Crippen molar-refractivity contribution in [2.75, 3.05) is 16.8 Å². The number of hydrogen-bond donors (Lipinski definition) is 2. The number of hydrogen-bond acceptors (Lipinski definition) is 4. The molecule has 1 aliphatic heterocycles. The Morgan fingerprint density at radius 1 is 1.21 bits per heavy atom. The number of rotatable bonds is 4. The maximum Gasteiger partial charge on any atom is 0.335 e. The molecule has 2 aromatic rings. The number of anilines is 2. The van der Waals surface area contributed by atoms with E-state index in [1.54, 1.807) is 39.0 Å². The third-order valence-electron chi connectivity index (χ3n) is 4.39. The summed E-state index contributed by atoms with van der Waals surface area (Å²) in [5.41, 5.74) is 0.409. The van der Waals surface area contributed by atoms with Crippen LogP contribution in [0.25, 0.3) is 0 Å². The number of aryl methyl sites for hydroxylation is 1. The molecule has 1 heterocycles. The molecule has 0 unspecified atom stereocenters. The van der Waals surface area contributed by atoms with Crippen molar-refractivity contribution in [1.82, 2.24) is 0 Å². The van der Waals surface area contributed by atoms with Crippen LogP contribution >= 0.6 is 11.6 Å². The van der Waals surface area contributed by atoms with Crippen LogP contribution in [-0.2, 0) is 9.59 Å². The van der Waals surface area contributed by atoms with Gasteiger partial charge in [-0.25, -0.2) is 4.79 Å². The summed E-state index contributed by atoms with van der Waals surface area (Å²) in [6.07, 6.45) is 0. The quantitative estimate of drug-likeness (QED) is 0.816. The van der Waals surface area contributed by atoms with E-state index in [0.29, 0.717) is 16.5 Å². The Kier molecular flexibility index (Phi) is 5.04. The summed E-state index contributed by atoms with van der Waals surface area (Å²) >= 11 is 5.93. The lowest BCUT2D eigenvalue weighted by Crippen LogP contribution is -2.54. The molecule has 0 saturated heterocycles. The summed E-state index contributed by atoms with van der Waals surface area (Å²) in [4.78, 5) is 38.0. The van der Waals surface area contributed by atoms with Crippen LogP contribution in [0.3, 0.4) is 0 Å². The maximum atomic E-state index is 12.8. The highest BCUT2D eigenvalue weighted by molar-refractivity contribution is 6.30.